The molecule has 1 aliphatic rings. The lowest BCUT2D eigenvalue weighted by atomic mass is 9.96. The number of thiazole rings is 1. The van der Waals surface area contributed by atoms with Crippen LogP contribution in [0, 0.1) is 0 Å². The maximum absolute atomic E-state index is 13.8. The molecule has 1 aliphatic heterocycles. The van der Waals surface area contributed by atoms with Crippen molar-refractivity contribution >= 4 is 35.0 Å². The molecule has 0 N–H and O–H groups in total. The van der Waals surface area contributed by atoms with E-state index in [0.717, 1.165) is 5.56 Å². The van der Waals surface area contributed by atoms with Gasteiger partial charge in [-0.2, -0.15) is 0 Å². The van der Waals surface area contributed by atoms with Crippen molar-refractivity contribution in [3.8, 4) is 11.5 Å². The first-order valence-electron chi connectivity index (χ1n) is 11.7. The fourth-order valence-electron chi connectivity index (χ4n) is 4.24. The fourth-order valence-corrected chi connectivity index (χ4v) is 5.46. The Morgan fingerprint density at radius 2 is 1.78 bits per heavy atom. The average molecular weight is 531 g/mol. The number of esters is 1. The summed E-state index contributed by atoms with van der Waals surface area (Å²) in [6.07, 6.45) is 1.75. The predicted molar refractivity (Wildman–Crippen MR) is 145 cm³/mol. The Hall–Kier alpha value is -3.94. The molecule has 1 aromatic heterocycles. The van der Waals surface area contributed by atoms with E-state index < -0.39 is 12.0 Å². The number of hydrogen-bond acceptors (Lipinski definition) is 6. The van der Waals surface area contributed by atoms with Gasteiger partial charge in [-0.1, -0.05) is 71.5 Å². The summed E-state index contributed by atoms with van der Waals surface area (Å²) in [6.45, 7) is 4.13. The molecular weight excluding hydrogens is 508 g/mol. The van der Waals surface area contributed by atoms with E-state index in [1.807, 2.05) is 43.3 Å². The van der Waals surface area contributed by atoms with Crippen molar-refractivity contribution in [3.63, 3.8) is 0 Å². The molecular formula is C29H23ClN2O4S. The molecule has 0 radical (unpaired) electrons. The minimum Gasteiger partial charge on any atom is -0.493 e. The lowest BCUT2D eigenvalue weighted by molar-refractivity contribution is -0.130. The van der Waals surface area contributed by atoms with Crippen LogP contribution in [0.1, 0.15) is 31.0 Å². The molecule has 0 bridgehead atoms. The number of carbonyl (C=O) groups is 1. The van der Waals surface area contributed by atoms with Gasteiger partial charge in [-0.05, 0) is 55.8 Å². The van der Waals surface area contributed by atoms with Gasteiger partial charge in [0.15, 0.2) is 4.80 Å². The monoisotopic (exact) mass is 530 g/mol. The van der Waals surface area contributed by atoms with Crippen LogP contribution in [0.5, 0.6) is 11.5 Å². The summed E-state index contributed by atoms with van der Waals surface area (Å²) in [7, 11) is 0. The SMILES string of the molecule is CCOc1ccc(Cl)cc1C=c1sc2n(c1=O)C(c1ccccc1)C(C(=O)Oc1ccccc1)=C(C)N=2. The van der Waals surface area contributed by atoms with Crippen LogP contribution in [0.15, 0.2) is 99.9 Å². The molecule has 8 heteroatoms. The van der Waals surface area contributed by atoms with E-state index in [-0.39, 0.29) is 5.56 Å². The molecule has 6 nitrogen and oxygen atoms in total. The highest BCUT2D eigenvalue weighted by atomic mass is 35.5. The second kappa shape index (κ2) is 10.6. The molecule has 1 atom stereocenters. The third-order valence-electron chi connectivity index (χ3n) is 5.87. The quantitative estimate of drug-likeness (QED) is 0.263. The van der Waals surface area contributed by atoms with Crippen LogP contribution >= 0.6 is 22.9 Å². The number of para-hydroxylation sites is 1. The van der Waals surface area contributed by atoms with Crippen LogP contribution in [0.4, 0.5) is 0 Å². The molecule has 2 heterocycles. The van der Waals surface area contributed by atoms with Gasteiger partial charge in [0.1, 0.15) is 11.5 Å². The molecule has 4 aromatic rings. The van der Waals surface area contributed by atoms with Crippen molar-refractivity contribution < 1.29 is 14.3 Å². The van der Waals surface area contributed by atoms with Gasteiger partial charge < -0.3 is 9.47 Å². The van der Waals surface area contributed by atoms with Gasteiger partial charge in [0.25, 0.3) is 5.56 Å². The van der Waals surface area contributed by atoms with Crippen LogP contribution in [-0.4, -0.2) is 17.1 Å². The summed E-state index contributed by atoms with van der Waals surface area (Å²) in [5, 5.41) is 0.534. The number of carbonyl (C=O) groups excluding carboxylic acids is 1. The van der Waals surface area contributed by atoms with E-state index in [1.54, 1.807) is 60.0 Å². The molecule has 0 saturated heterocycles. The first kappa shape index (κ1) is 24.7. The Balaban J connectivity index is 1.67. The summed E-state index contributed by atoms with van der Waals surface area (Å²) in [4.78, 5) is 32.4. The molecule has 37 heavy (non-hydrogen) atoms. The molecule has 1 unspecified atom stereocenters. The molecule has 0 spiro atoms. The van der Waals surface area contributed by atoms with Crippen molar-refractivity contribution in [1.29, 1.82) is 0 Å². The Morgan fingerprint density at radius 3 is 2.49 bits per heavy atom. The molecule has 0 aliphatic carbocycles. The number of fused-ring (bicyclic) bond motifs is 1. The van der Waals surface area contributed by atoms with Gasteiger partial charge in [-0.15, -0.1) is 0 Å². The summed E-state index contributed by atoms with van der Waals surface area (Å²) in [6, 6.07) is 22.9. The third kappa shape index (κ3) is 5.01. The summed E-state index contributed by atoms with van der Waals surface area (Å²) in [5.41, 5.74) is 2.02. The zero-order chi connectivity index (χ0) is 25.9. The van der Waals surface area contributed by atoms with Gasteiger partial charge in [0.05, 0.1) is 28.5 Å². The van der Waals surface area contributed by atoms with E-state index in [0.29, 0.717) is 49.3 Å². The second-order valence-electron chi connectivity index (χ2n) is 8.31. The number of ether oxygens (including phenoxy) is 2. The lowest BCUT2D eigenvalue weighted by Crippen LogP contribution is -2.40. The standard InChI is InChI=1S/C29H23ClN2O4S/c1-3-35-23-15-14-21(30)16-20(23)17-24-27(33)32-26(19-10-6-4-7-11-19)25(18(2)31-29(32)37-24)28(34)36-22-12-8-5-9-13-22/h4-17,26H,3H2,1-2H3. The number of rotatable bonds is 6. The van der Waals surface area contributed by atoms with E-state index >= 15 is 0 Å². The number of aromatic nitrogens is 1. The zero-order valence-corrected chi connectivity index (χ0v) is 21.8. The number of allylic oxidation sites excluding steroid dienone is 1. The molecule has 0 fully saturated rings. The van der Waals surface area contributed by atoms with Crippen molar-refractivity contribution in [2.45, 2.75) is 19.9 Å². The van der Waals surface area contributed by atoms with Crippen molar-refractivity contribution in [2.75, 3.05) is 6.61 Å². The van der Waals surface area contributed by atoms with Crippen molar-refractivity contribution in [3.05, 3.63) is 126 Å². The minimum absolute atomic E-state index is 0.266. The molecule has 186 valence electrons. The van der Waals surface area contributed by atoms with Gasteiger partial charge in [-0.3, -0.25) is 9.36 Å². The van der Waals surface area contributed by atoms with Crippen LogP contribution in [0.3, 0.4) is 0 Å². The number of halogens is 1. The normalized spacial score (nSPS) is 15.2. The molecule has 5 rings (SSSR count). The van der Waals surface area contributed by atoms with Crippen LogP contribution in [0.2, 0.25) is 5.02 Å². The molecule has 3 aromatic carbocycles. The van der Waals surface area contributed by atoms with Crippen molar-refractivity contribution in [2.24, 2.45) is 4.99 Å². The average Bonchev–Trinajstić information content (AvgIpc) is 3.20. The maximum atomic E-state index is 13.8. The topological polar surface area (TPSA) is 69.9 Å². The van der Waals surface area contributed by atoms with Crippen LogP contribution in [-0.2, 0) is 4.79 Å². The van der Waals surface area contributed by atoms with E-state index in [1.165, 1.54) is 11.3 Å². The predicted octanol–water partition coefficient (Wildman–Crippen LogP) is 4.89. The first-order chi connectivity index (χ1) is 18.0. The van der Waals surface area contributed by atoms with E-state index in [2.05, 4.69) is 4.99 Å². The van der Waals surface area contributed by atoms with Crippen molar-refractivity contribution in [1.82, 2.24) is 4.57 Å². The maximum Gasteiger partial charge on any atom is 0.343 e. The van der Waals surface area contributed by atoms with Gasteiger partial charge >= 0.3 is 5.97 Å². The van der Waals surface area contributed by atoms with Crippen LogP contribution < -0.4 is 24.4 Å². The highest BCUT2D eigenvalue weighted by Gasteiger charge is 2.33. The first-order valence-corrected chi connectivity index (χ1v) is 12.9. The lowest BCUT2D eigenvalue weighted by Gasteiger charge is -2.24. The highest BCUT2D eigenvalue weighted by Crippen LogP contribution is 2.31. The minimum atomic E-state index is -0.693. The third-order valence-corrected chi connectivity index (χ3v) is 7.09. The highest BCUT2D eigenvalue weighted by molar-refractivity contribution is 7.07. The van der Waals surface area contributed by atoms with Gasteiger partial charge in [0.2, 0.25) is 0 Å². The Kier molecular flexibility index (Phi) is 7.08. The van der Waals surface area contributed by atoms with Gasteiger partial charge in [0, 0.05) is 10.6 Å². The Labute approximate surface area is 222 Å². The molecule has 0 amide bonds. The fraction of sp³-hybridized carbons (Fsp3) is 0.138. The number of hydrogen-bond donors (Lipinski definition) is 0. The molecule has 0 saturated carbocycles. The summed E-state index contributed by atoms with van der Waals surface area (Å²) in [5.74, 6) is 0.492. The number of benzene rings is 3. The van der Waals surface area contributed by atoms with Crippen LogP contribution in [0.25, 0.3) is 6.08 Å². The smallest absolute Gasteiger partial charge is 0.343 e. The number of nitrogens with zero attached hydrogens (tertiary/aromatic N) is 2. The summed E-state index contributed by atoms with van der Waals surface area (Å²) < 4.78 is 13.4. The van der Waals surface area contributed by atoms with E-state index in [4.69, 9.17) is 21.1 Å². The Morgan fingerprint density at radius 1 is 1.08 bits per heavy atom. The van der Waals surface area contributed by atoms with E-state index in [9.17, 15) is 9.59 Å². The second-order valence-corrected chi connectivity index (χ2v) is 9.76. The summed E-state index contributed by atoms with van der Waals surface area (Å²) >= 11 is 7.49. The van der Waals surface area contributed by atoms with Gasteiger partial charge in [-0.25, -0.2) is 9.79 Å². The Bertz CT molecular complexity index is 1670. The largest absolute Gasteiger partial charge is 0.493 e. The zero-order valence-electron chi connectivity index (χ0n) is 20.2.